The van der Waals surface area contributed by atoms with Crippen LogP contribution in [-0.4, -0.2) is 4.67 Å². The Labute approximate surface area is 285 Å². The van der Waals surface area contributed by atoms with E-state index in [9.17, 15) is 0 Å². The molecule has 6 aromatic rings. The van der Waals surface area contributed by atoms with Crippen molar-refractivity contribution in [3.05, 3.63) is 198 Å². The second kappa shape index (κ2) is 16.5. The van der Waals surface area contributed by atoms with Gasteiger partial charge in [-0.1, -0.05) is 159 Å². The van der Waals surface area contributed by atoms with Crippen molar-refractivity contribution in [2.75, 3.05) is 0 Å². The third-order valence-electron chi connectivity index (χ3n) is 7.92. The molecule has 0 N–H and O–H groups in total. The third-order valence-corrected chi connectivity index (χ3v) is 10.9. The smallest absolute Gasteiger partial charge is 0.385 e. The SMILES string of the molecule is CC(C)c1ccccc1S[C@H](c1ccccc1)[C@H](c1ccccc1)N(Cc1ccccc1)P(Oc1ccccc1)Oc1ccccc1. The Balaban J connectivity index is 1.55. The van der Waals surface area contributed by atoms with Gasteiger partial charge in [0.2, 0.25) is 0 Å². The summed E-state index contributed by atoms with van der Waals surface area (Å²) in [5.74, 6) is 1.94. The Bertz CT molecular complexity index is 1730. The molecule has 3 nitrogen and oxygen atoms in total. The van der Waals surface area contributed by atoms with E-state index in [0.717, 1.165) is 11.5 Å². The normalized spacial score (nSPS) is 12.6. The predicted molar refractivity (Wildman–Crippen MR) is 198 cm³/mol. The molecule has 0 unspecified atom stereocenters. The predicted octanol–water partition coefficient (Wildman–Crippen LogP) is 12.3. The van der Waals surface area contributed by atoms with E-state index in [0.29, 0.717) is 12.5 Å². The minimum Gasteiger partial charge on any atom is -0.427 e. The van der Waals surface area contributed by atoms with Gasteiger partial charge in [-0.2, -0.15) is 0 Å². The van der Waals surface area contributed by atoms with Crippen molar-refractivity contribution in [2.24, 2.45) is 0 Å². The van der Waals surface area contributed by atoms with Gasteiger partial charge in [0, 0.05) is 11.4 Å². The van der Waals surface area contributed by atoms with Gasteiger partial charge in [0.25, 0.3) is 0 Å². The fraction of sp³-hybridized carbons (Fsp3) is 0.143. The molecular formula is C42H40NO2PS. The summed E-state index contributed by atoms with van der Waals surface area (Å²) in [7, 11) is -1.66. The maximum Gasteiger partial charge on any atom is 0.385 e. The molecule has 0 radical (unpaired) electrons. The molecule has 6 aromatic carbocycles. The number of benzene rings is 6. The van der Waals surface area contributed by atoms with Crippen LogP contribution in [0.5, 0.6) is 11.5 Å². The highest BCUT2D eigenvalue weighted by Gasteiger charge is 2.39. The van der Waals surface area contributed by atoms with Gasteiger partial charge in [-0.15, -0.1) is 11.8 Å². The summed E-state index contributed by atoms with van der Waals surface area (Å²) in [6.45, 7) is 5.17. The van der Waals surface area contributed by atoms with Gasteiger partial charge in [-0.25, -0.2) is 4.67 Å². The Hall–Kier alpha value is -4.34. The molecule has 5 heteroatoms. The van der Waals surface area contributed by atoms with Crippen LogP contribution in [0.2, 0.25) is 0 Å². The van der Waals surface area contributed by atoms with E-state index in [4.69, 9.17) is 9.05 Å². The molecule has 6 rings (SSSR count). The molecule has 0 saturated heterocycles. The van der Waals surface area contributed by atoms with E-state index in [1.54, 1.807) is 0 Å². The second-order valence-electron chi connectivity index (χ2n) is 11.6. The monoisotopic (exact) mass is 653 g/mol. The van der Waals surface area contributed by atoms with Gasteiger partial charge >= 0.3 is 8.53 Å². The highest BCUT2D eigenvalue weighted by molar-refractivity contribution is 7.99. The fourth-order valence-electron chi connectivity index (χ4n) is 5.61. The quantitative estimate of drug-likeness (QED) is 0.0861. The van der Waals surface area contributed by atoms with Crippen molar-refractivity contribution < 1.29 is 9.05 Å². The Kier molecular flexibility index (Phi) is 11.4. The van der Waals surface area contributed by atoms with Crippen LogP contribution in [0.25, 0.3) is 0 Å². The zero-order valence-corrected chi connectivity index (χ0v) is 28.5. The van der Waals surface area contributed by atoms with Crippen LogP contribution in [0.4, 0.5) is 0 Å². The van der Waals surface area contributed by atoms with Crippen molar-refractivity contribution in [1.29, 1.82) is 0 Å². The second-order valence-corrected chi connectivity index (χ2v) is 14.2. The molecule has 0 heterocycles. The molecule has 0 fully saturated rings. The van der Waals surface area contributed by atoms with Crippen LogP contribution in [-0.2, 0) is 6.54 Å². The van der Waals surface area contributed by atoms with Crippen LogP contribution in [0.15, 0.2) is 181 Å². The number of rotatable bonds is 14. The molecule has 0 aromatic heterocycles. The molecule has 0 spiro atoms. The summed E-state index contributed by atoms with van der Waals surface area (Å²) >= 11 is 1.93. The first kappa shape index (κ1) is 32.6. The lowest BCUT2D eigenvalue weighted by Gasteiger charge is -2.40. The zero-order chi connectivity index (χ0) is 32.3. The molecule has 0 aliphatic rings. The van der Waals surface area contributed by atoms with Crippen molar-refractivity contribution in [1.82, 2.24) is 4.67 Å². The summed E-state index contributed by atoms with van der Waals surface area (Å²) in [5, 5.41) is 0.00552. The minimum atomic E-state index is -1.66. The van der Waals surface area contributed by atoms with E-state index in [1.807, 2.05) is 72.4 Å². The molecular weight excluding hydrogens is 614 g/mol. The van der Waals surface area contributed by atoms with Gasteiger partial charge < -0.3 is 9.05 Å². The van der Waals surface area contributed by atoms with Crippen molar-refractivity contribution in [2.45, 2.75) is 42.5 Å². The van der Waals surface area contributed by atoms with Crippen LogP contribution in [0, 0.1) is 0 Å². The number of para-hydroxylation sites is 2. The molecule has 0 aliphatic carbocycles. The van der Waals surface area contributed by atoms with Crippen LogP contribution < -0.4 is 9.05 Å². The molecule has 236 valence electrons. The van der Waals surface area contributed by atoms with Crippen molar-refractivity contribution in [3.63, 3.8) is 0 Å². The van der Waals surface area contributed by atoms with Gasteiger partial charge in [-0.3, -0.25) is 0 Å². The van der Waals surface area contributed by atoms with E-state index in [2.05, 4.69) is 134 Å². The van der Waals surface area contributed by atoms with Gasteiger partial charge in [0.1, 0.15) is 11.5 Å². The van der Waals surface area contributed by atoms with E-state index in [1.165, 1.54) is 27.1 Å². The topological polar surface area (TPSA) is 21.7 Å². The molecule has 2 atom stereocenters. The van der Waals surface area contributed by atoms with Crippen molar-refractivity contribution >= 4 is 20.3 Å². The standard InChI is InChI=1S/C42H40NO2PS/c1-33(2)39-30-18-19-31-40(39)47-42(36-24-12-5-13-25-36)41(35-22-10-4-11-23-35)43(32-34-20-8-3-9-21-34)46(44-37-26-14-6-15-27-37)45-38-28-16-7-17-29-38/h3-31,33,41-42H,32H2,1-2H3/t41-,42+/m0/s1. The molecule has 47 heavy (non-hydrogen) atoms. The maximum absolute atomic E-state index is 6.91. The summed E-state index contributed by atoms with van der Waals surface area (Å²) in [6, 6.07) is 61.1. The molecule has 0 amide bonds. The summed E-state index contributed by atoms with van der Waals surface area (Å²) < 4.78 is 16.3. The maximum atomic E-state index is 6.91. The molecule has 0 aliphatic heterocycles. The number of hydrogen-bond acceptors (Lipinski definition) is 4. The summed E-state index contributed by atoms with van der Waals surface area (Å²) in [6.07, 6.45) is 0. The Morgan fingerprint density at radius 1 is 0.532 bits per heavy atom. The lowest BCUT2D eigenvalue weighted by molar-refractivity contribution is 0.274. The Morgan fingerprint density at radius 2 is 0.979 bits per heavy atom. The summed E-state index contributed by atoms with van der Waals surface area (Å²) in [5.41, 5.74) is 4.99. The number of hydrogen-bond donors (Lipinski definition) is 0. The lowest BCUT2D eigenvalue weighted by Crippen LogP contribution is -2.31. The first-order valence-corrected chi connectivity index (χ1v) is 18.1. The first-order valence-electron chi connectivity index (χ1n) is 16.1. The van der Waals surface area contributed by atoms with Gasteiger partial charge in [0.05, 0.1) is 11.3 Å². The zero-order valence-electron chi connectivity index (χ0n) is 26.8. The average Bonchev–Trinajstić information content (AvgIpc) is 3.13. The van der Waals surface area contributed by atoms with Crippen LogP contribution in [0.3, 0.4) is 0 Å². The largest absolute Gasteiger partial charge is 0.427 e. The van der Waals surface area contributed by atoms with E-state index >= 15 is 0 Å². The molecule has 0 bridgehead atoms. The number of nitrogens with zero attached hydrogens (tertiary/aromatic N) is 1. The van der Waals surface area contributed by atoms with Crippen molar-refractivity contribution in [3.8, 4) is 11.5 Å². The highest BCUT2D eigenvalue weighted by Crippen LogP contribution is 2.57. The first-order chi connectivity index (χ1) is 23.2. The van der Waals surface area contributed by atoms with Crippen LogP contribution >= 0.6 is 20.3 Å². The summed E-state index contributed by atoms with van der Waals surface area (Å²) in [4.78, 5) is 1.29. The van der Waals surface area contributed by atoms with Gasteiger partial charge in [-0.05, 0) is 58.5 Å². The lowest BCUT2D eigenvalue weighted by atomic mass is 9.97. The minimum absolute atomic E-state index is 0.00552. The highest BCUT2D eigenvalue weighted by atomic mass is 32.2. The van der Waals surface area contributed by atoms with E-state index < -0.39 is 8.53 Å². The number of thioether (sulfide) groups is 1. The molecule has 0 saturated carbocycles. The Morgan fingerprint density at radius 3 is 1.51 bits per heavy atom. The fourth-order valence-corrected chi connectivity index (χ4v) is 8.89. The third kappa shape index (κ3) is 8.73. The average molecular weight is 654 g/mol. The van der Waals surface area contributed by atoms with Crippen LogP contribution in [0.1, 0.15) is 53.3 Å². The van der Waals surface area contributed by atoms with E-state index in [-0.39, 0.29) is 11.3 Å². The van der Waals surface area contributed by atoms with Gasteiger partial charge in [0.15, 0.2) is 0 Å².